The lowest BCUT2D eigenvalue weighted by Gasteiger charge is -2.04. The highest BCUT2D eigenvalue weighted by atomic mass is 16.1. The van der Waals surface area contributed by atoms with E-state index in [1.807, 2.05) is 49.5 Å². The lowest BCUT2D eigenvalue weighted by Crippen LogP contribution is -2.23. The summed E-state index contributed by atoms with van der Waals surface area (Å²) in [5.41, 5.74) is 3.61. The van der Waals surface area contributed by atoms with Gasteiger partial charge in [0.1, 0.15) is 0 Å². The number of aromatic nitrogens is 2. The second-order valence-electron chi connectivity index (χ2n) is 4.77. The van der Waals surface area contributed by atoms with Gasteiger partial charge in [0, 0.05) is 12.7 Å². The number of fused-ring (bicyclic) bond motifs is 1. The third kappa shape index (κ3) is 2.54. The largest absolute Gasteiger partial charge is 0.347 e. The monoisotopic (exact) mass is 265 g/mol. The summed E-state index contributed by atoms with van der Waals surface area (Å²) in [4.78, 5) is 12.1. The van der Waals surface area contributed by atoms with Gasteiger partial charge in [0.2, 0.25) is 0 Å². The van der Waals surface area contributed by atoms with Gasteiger partial charge in [0.25, 0.3) is 5.91 Å². The maximum Gasteiger partial charge on any atom is 0.272 e. The number of benzene rings is 1. The molecule has 4 heteroatoms. The normalized spacial score (nSPS) is 10.7. The minimum absolute atomic E-state index is 0.157. The second kappa shape index (κ2) is 5.17. The number of rotatable bonds is 3. The van der Waals surface area contributed by atoms with Crippen molar-refractivity contribution in [1.82, 2.24) is 14.9 Å². The van der Waals surface area contributed by atoms with Crippen LogP contribution in [0.5, 0.6) is 0 Å². The molecule has 0 spiro atoms. The molecule has 1 amide bonds. The first-order valence-corrected chi connectivity index (χ1v) is 6.50. The molecule has 0 fully saturated rings. The van der Waals surface area contributed by atoms with Gasteiger partial charge in [-0.3, -0.25) is 4.79 Å². The van der Waals surface area contributed by atoms with Crippen LogP contribution < -0.4 is 5.32 Å². The third-order valence-corrected chi connectivity index (χ3v) is 3.14. The highest BCUT2D eigenvalue weighted by Gasteiger charge is 2.10. The fraction of sp³-hybridized carbons (Fsp3) is 0.125. The van der Waals surface area contributed by atoms with E-state index in [0.717, 1.165) is 11.1 Å². The smallest absolute Gasteiger partial charge is 0.272 e. The predicted octanol–water partition coefficient (Wildman–Crippen LogP) is 2.57. The maximum absolute atomic E-state index is 12.1. The lowest BCUT2D eigenvalue weighted by molar-refractivity contribution is 0.0945. The molecular weight excluding hydrogens is 250 g/mol. The van der Waals surface area contributed by atoms with Crippen LogP contribution in [-0.4, -0.2) is 15.5 Å². The number of carbonyl (C=O) groups excluding carboxylic acids is 1. The molecule has 1 aromatic carbocycles. The summed E-state index contributed by atoms with van der Waals surface area (Å²) in [5.74, 6) is -0.157. The van der Waals surface area contributed by atoms with Crippen LogP contribution in [0.2, 0.25) is 0 Å². The first kappa shape index (κ1) is 12.4. The summed E-state index contributed by atoms with van der Waals surface area (Å²) in [6, 6.07) is 15.6. The minimum atomic E-state index is -0.157. The van der Waals surface area contributed by atoms with Crippen molar-refractivity contribution in [1.29, 1.82) is 0 Å². The molecule has 0 saturated heterocycles. The van der Waals surface area contributed by atoms with E-state index < -0.39 is 0 Å². The van der Waals surface area contributed by atoms with Gasteiger partial charge in [-0.1, -0.05) is 35.9 Å². The molecule has 0 atom stereocenters. The summed E-state index contributed by atoms with van der Waals surface area (Å²) in [5, 5.41) is 7.14. The standard InChI is InChI=1S/C16H15N3O/c1-12-5-4-6-13(9-12)11-17-16(20)15-10-14-7-2-3-8-19(14)18-15/h2-10H,11H2,1H3,(H,17,20). The number of carbonyl (C=O) groups is 1. The Labute approximate surface area is 117 Å². The van der Waals surface area contributed by atoms with E-state index in [9.17, 15) is 4.79 Å². The Balaban J connectivity index is 1.73. The fourth-order valence-electron chi connectivity index (χ4n) is 2.14. The van der Waals surface area contributed by atoms with E-state index in [-0.39, 0.29) is 5.91 Å². The number of nitrogens with zero attached hydrogens (tertiary/aromatic N) is 2. The average molecular weight is 265 g/mol. The Morgan fingerprint density at radius 2 is 2.10 bits per heavy atom. The molecule has 0 saturated carbocycles. The summed E-state index contributed by atoms with van der Waals surface area (Å²) in [7, 11) is 0. The van der Waals surface area contributed by atoms with Crippen molar-refractivity contribution in [2.75, 3.05) is 0 Å². The third-order valence-electron chi connectivity index (χ3n) is 3.14. The van der Waals surface area contributed by atoms with Crippen LogP contribution in [0.1, 0.15) is 21.6 Å². The number of hydrogen-bond acceptors (Lipinski definition) is 2. The summed E-state index contributed by atoms with van der Waals surface area (Å²) >= 11 is 0. The highest BCUT2D eigenvalue weighted by molar-refractivity contribution is 5.93. The molecule has 100 valence electrons. The molecule has 0 aliphatic heterocycles. The van der Waals surface area contributed by atoms with Crippen LogP contribution in [0.25, 0.3) is 5.52 Å². The van der Waals surface area contributed by atoms with E-state index >= 15 is 0 Å². The summed E-state index contributed by atoms with van der Waals surface area (Å²) in [6.07, 6.45) is 1.83. The van der Waals surface area contributed by atoms with Crippen molar-refractivity contribution in [2.45, 2.75) is 13.5 Å². The van der Waals surface area contributed by atoms with Crippen LogP contribution in [-0.2, 0) is 6.54 Å². The van der Waals surface area contributed by atoms with Crippen molar-refractivity contribution in [2.24, 2.45) is 0 Å². The zero-order valence-corrected chi connectivity index (χ0v) is 11.2. The van der Waals surface area contributed by atoms with Crippen LogP contribution in [0, 0.1) is 6.92 Å². The molecule has 0 unspecified atom stereocenters. The first-order valence-electron chi connectivity index (χ1n) is 6.50. The Morgan fingerprint density at radius 1 is 1.20 bits per heavy atom. The molecule has 0 radical (unpaired) electrons. The molecule has 1 N–H and O–H groups in total. The van der Waals surface area contributed by atoms with Crippen molar-refractivity contribution in [3.63, 3.8) is 0 Å². The molecule has 2 heterocycles. The SMILES string of the molecule is Cc1cccc(CNC(=O)c2cc3ccccn3n2)c1. The average Bonchev–Trinajstić information content (AvgIpc) is 2.89. The molecule has 2 aromatic heterocycles. The van der Waals surface area contributed by atoms with E-state index in [1.54, 1.807) is 10.6 Å². The number of pyridine rings is 1. The molecular formula is C16H15N3O. The molecule has 0 aliphatic rings. The topological polar surface area (TPSA) is 46.4 Å². The molecule has 20 heavy (non-hydrogen) atoms. The van der Waals surface area contributed by atoms with Gasteiger partial charge in [0.05, 0.1) is 5.52 Å². The van der Waals surface area contributed by atoms with Gasteiger partial charge in [-0.2, -0.15) is 5.10 Å². The Kier molecular flexibility index (Phi) is 3.21. The van der Waals surface area contributed by atoms with Crippen molar-refractivity contribution in [3.8, 4) is 0 Å². The van der Waals surface area contributed by atoms with E-state index in [4.69, 9.17) is 0 Å². The van der Waals surface area contributed by atoms with E-state index in [0.29, 0.717) is 12.2 Å². The van der Waals surface area contributed by atoms with Gasteiger partial charge in [-0.05, 0) is 30.7 Å². The number of aryl methyl sites for hydroxylation is 1. The van der Waals surface area contributed by atoms with Crippen LogP contribution in [0.15, 0.2) is 54.7 Å². The zero-order chi connectivity index (χ0) is 13.9. The van der Waals surface area contributed by atoms with Crippen LogP contribution >= 0.6 is 0 Å². The van der Waals surface area contributed by atoms with Gasteiger partial charge in [0.15, 0.2) is 5.69 Å². The molecule has 0 bridgehead atoms. The van der Waals surface area contributed by atoms with Crippen LogP contribution in [0.3, 0.4) is 0 Å². The number of amides is 1. The summed E-state index contributed by atoms with van der Waals surface area (Å²) in [6.45, 7) is 2.54. The first-order chi connectivity index (χ1) is 9.72. The Bertz CT molecular complexity index is 728. The zero-order valence-electron chi connectivity index (χ0n) is 11.2. The Morgan fingerprint density at radius 3 is 2.90 bits per heavy atom. The summed E-state index contributed by atoms with van der Waals surface area (Å²) < 4.78 is 1.70. The minimum Gasteiger partial charge on any atom is -0.347 e. The van der Waals surface area contributed by atoms with Crippen molar-refractivity contribution in [3.05, 3.63) is 71.5 Å². The molecule has 3 aromatic rings. The van der Waals surface area contributed by atoms with E-state index in [1.165, 1.54) is 5.56 Å². The molecule has 0 aliphatic carbocycles. The lowest BCUT2D eigenvalue weighted by atomic mass is 10.1. The Hall–Kier alpha value is -2.62. The van der Waals surface area contributed by atoms with Crippen LogP contribution in [0.4, 0.5) is 0 Å². The van der Waals surface area contributed by atoms with Gasteiger partial charge < -0.3 is 5.32 Å². The van der Waals surface area contributed by atoms with E-state index in [2.05, 4.69) is 16.5 Å². The highest BCUT2D eigenvalue weighted by Crippen LogP contribution is 2.07. The van der Waals surface area contributed by atoms with Gasteiger partial charge in [-0.15, -0.1) is 0 Å². The second-order valence-corrected chi connectivity index (χ2v) is 4.77. The van der Waals surface area contributed by atoms with Gasteiger partial charge >= 0.3 is 0 Å². The number of nitrogens with one attached hydrogen (secondary N) is 1. The van der Waals surface area contributed by atoms with Gasteiger partial charge in [-0.25, -0.2) is 4.52 Å². The predicted molar refractivity (Wildman–Crippen MR) is 77.5 cm³/mol. The van der Waals surface area contributed by atoms with Crippen molar-refractivity contribution < 1.29 is 4.79 Å². The number of hydrogen-bond donors (Lipinski definition) is 1. The maximum atomic E-state index is 12.1. The fourth-order valence-corrected chi connectivity index (χ4v) is 2.14. The quantitative estimate of drug-likeness (QED) is 0.791. The molecule has 4 nitrogen and oxygen atoms in total. The molecule has 3 rings (SSSR count). The van der Waals surface area contributed by atoms with Crippen molar-refractivity contribution >= 4 is 11.4 Å².